The molecule has 0 fully saturated rings. The van der Waals surface area contributed by atoms with Crippen molar-refractivity contribution in [2.24, 2.45) is 0 Å². The van der Waals surface area contributed by atoms with Crippen LogP contribution in [0.15, 0.2) is 42.3 Å². The van der Waals surface area contributed by atoms with Gasteiger partial charge in [-0.2, -0.15) is 0 Å². The van der Waals surface area contributed by atoms with Crippen molar-refractivity contribution in [1.29, 1.82) is 0 Å². The van der Waals surface area contributed by atoms with Crippen LogP contribution >= 0.6 is 0 Å². The van der Waals surface area contributed by atoms with E-state index in [4.69, 9.17) is 18.6 Å². The monoisotopic (exact) mass is 477 g/mol. The van der Waals surface area contributed by atoms with E-state index in [9.17, 15) is 9.59 Å². The van der Waals surface area contributed by atoms with Gasteiger partial charge in [0.05, 0.1) is 12.1 Å². The van der Waals surface area contributed by atoms with Gasteiger partial charge in [0, 0.05) is 0 Å². The van der Waals surface area contributed by atoms with Crippen molar-refractivity contribution in [2.75, 3.05) is 0 Å². The molecule has 1 aliphatic heterocycles. The van der Waals surface area contributed by atoms with Crippen LogP contribution in [0.25, 0.3) is 0 Å². The van der Waals surface area contributed by atoms with Gasteiger partial charge in [-0.3, -0.25) is 0 Å². The fourth-order valence-electron chi connectivity index (χ4n) is 3.07. The third-order valence-electron chi connectivity index (χ3n) is 5.94. The van der Waals surface area contributed by atoms with Gasteiger partial charge in [-0.05, 0) is 63.9 Å². The van der Waals surface area contributed by atoms with E-state index < -0.39 is 32.2 Å². The molecule has 33 heavy (non-hydrogen) atoms. The molecular weight excluding hydrogens is 438 g/mol. The number of hydrogen-bond donors (Lipinski definition) is 0. The molecule has 0 bridgehead atoms. The average molecular weight is 478 g/mol. The zero-order valence-corrected chi connectivity index (χ0v) is 22.4. The highest BCUT2D eigenvalue weighted by atomic mass is 28.4. The highest BCUT2D eigenvalue weighted by molar-refractivity contribution is 6.74. The molecule has 0 saturated heterocycles. The molecule has 0 unspecified atom stereocenters. The van der Waals surface area contributed by atoms with E-state index in [2.05, 4.69) is 33.9 Å². The number of carbonyl (C=O) groups excluding carboxylic acids is 2. The number of ether oxygens (including phenoxy) is 3. The molecule has 1 aromatic carbocycles. The fraction of sp³-hybridized carbons (Fsp3) is 0.600. The molecule has 184 valence electrons. The van der Waals surface area contributed by atoms with Crippen molar-refractivity contribution in [3.05, 3.63) is 47.9 Å². The van der Waals surface area contributed by atoms with Crippen molar-refractivity contribution < 1.29 is 28.2 Å². The lowest BCUT2D eigenvalue weighted by Gasteiger charge is -2.44. The first-order valence-corrected chi connectivity index (χ1v) is 14.3. The Kier molecular flexibility index (Phi) is 8.40. The van der Waals surface area contributed by atoms with E-state index in [0.29, 0.717) is 6.42 Å². The van der Waals surface area contributed by atoms with Crippen LogP contribution in [0.5, 0.6) is 0 Å². The number of amides is 1. The van der Waals surface area contributed by atoms with Crippen LogP contribution in [0.4, 0.5) is 9.59 Å². The van der Waals surface area contributed by atoms with Crippen LogP contribution in [-0.2, 0) is 25.2 Å². The lowest BCUT2D eigenvalue weighted by molar-refractivity contribution is -0.0192. The quantitative estimate of drug-likeness (QED) is 0.351. The normalized spacial score (nSPS) is 19.5. The lowest BCUT2D eigenvalue weighted by Crippen LogP contribution is -2.54. The maximum atomic E-state index is 13.1. The first-order valence-electron chi connectivity index (χ1n) is 11.4. The van der Waals surface area contributed by atoms with Crippen LogP contribution in [0.3, 0.4) is 0 Å². The SMILES string of the molecule is C[C@@H]1[C@@H](O[Si](C)(C)C(C)(C)C)CC=C(OC(=O)OCc2ccccc2)N1C(=O)OC(C)(C)C. The lowest BCUT2D eigenvalue weighted by atomic mass is 10.0. The molecule has 7 nitrogen and oxygen atoms in total. The fourth-order valence-corrected chi connectivity index (χ4v) is 4.47. The van der Waals surface area contributed by atoms with E-state index >= 15 is 0 Å². The zero-order chi connectivity index (χ0) is 25.0. The smallest absolute Gasteiger partial charge is 0.443 e. The standard InChI is InChI=1S/C25H39NO6Si/c1-18-20(32-33(8,9)25(5,6)7)15-16-21(26(18)22(27)31-24(2,3)4)30-23(28)29-17-19-13-11-10-12-14-19/h10-14,16,18,20H,15,17H2,1-9H3/t18-,20+/m1/s1. The third-order valence-corrected chi connectivity index (χ3v) is 10.4. The van der Waals surface area contributed by atoms with Crippen molar-refractivity contribution in [3.63, 3.8) is 0 Å². The van der Waals surface area contributed by atoms with Gasteiger partial charge in [-0.1, -0.05) is 51.1 Å². The summed E-state index contributed by atoms with van der Waals surface area (Å²) in [5.41, 5.74) is 0.135. The second-order valence-electron chi connectivity index (χ2n) is 10.9. The van der Waals surface area contributed by atoms with E-state index in [1.807, 2.05) is 37.3 Å². The number of nitrogens with zero attached hydrogens (tertiary/aromatic N) is 1. The first-order chi connectivity index (χ1) is 15.1. The Labute approximate surface area is 199 Å². The van der Waals surface area contributed by atoms with Crippen LogP contribution in [0.2, 0.25) is 18.1 Å². The Balaban J connectivity index is 2.20. The van der Waals surface area contributed by atoms with Gasteiger partial charge in [0.15, 0.2) is 8.32 Å². The summed E-state index contributed by atoms with van der Waals surface area (Å²) in [6, 6.07) is 8.92. The molecule has 2 rings (SSSR count). The summed E-state index contributed by atoms with van der Waals surface area (Å²) in [4.78, 5) is 26.8. The molecule has 1 aliphatic rings. The minimum Gasteiger partial charge on any atom is -0.443 e. The highest BCUT2D eigenvalue weighted by Gasteiger charge is 2.44. The summed E-state index contributed by atoms with van der Waals surface area (Å²) in [6.45, 7) is 18.2. The molecule has 1 amide bonds. The average Bonchev–Trinajstić information content (AvgIpc) is 2.67. The number of hydrogen-bond acceptors (Lipinski definition) is 6. The van der Waals surface area contributed by atoms with Gasteiger partial charge >= 0.3 is 12.2 Å². The second-order valence-corrected chi connectivity index (χ2v) is 15.7. The predicted octanol–water partition coefficient (Wildman–Crippen LogP) is 6.60. The Hall–Kier alpha value is -2.32. The Morgan fingerprint density at radius 1 is 1.06 bits per heavy atom. The van der Waals surface area contributed by atoms with Crippen LogP contribution < -0.4 is 0 Å². The topological polar surface area (TPSA) is 74.3 Å². The molecular formula is C25H39NO6Si. The Morgan fingerprint density at radius 3 is 2.21 bits per heavy atom. The highest BCUT2D eigenvalue weighted by Crippen LogP contribution is 2.39. The number of rotatable bonds is 5. The summed E-state index contributed by atoms with van der Waals surface area (Å²) in [7, 11) is -2.09. The summed E-state index contributed by atoms with van der Waals surface area (Å²) in [6.07, 6.45) is 0.487. The number of carbonyl (C=O) groups is 2. The van der Waals surface area contributed by atoms with Crippen LogP contribution in [0.1, 0.15) is 60.5 Å². The van der Waals surface area contributed by atoms with Crippen LogP contribution in [0, 0.1) is 0 Å². The molecule has 8 heteroatoms. The van der Waals surface area contributed by atoms with Gasteiger partial charge in [-0.15, -0.1) is 0 Å². The Bertz CT molecular complexity index is 854. The maximum Gasteiger partial charge on any atom is 0.515 e. The molecule has 0 spiro atoms. The second kappa shape index (κ2) is 10.3. The van der Waals surface area contributed by atoms with Crippen molar-refractivity contribution >= 4 is 20.6 Å². The summed E-state index contributed by atoms with van der Waals surface area (Å²) in [5, 5.41) is 0.0191. The van der Waals surface area contributed by atoms with Crippen LogP contribution in [-0.4, -0.2) is 43.2 Å². The number of benzene rings is 1. The largest absolute Gasteiger partial charge is 0.515 e. The van der Waals surface area contributed by atoms with E-state index in [0.717, 1.165) is 5.56 Å². The molecule has 0 saturated carbocycles. The van der Waals surface area contributed by atoms with E-state index in [1.54, 1.807) is 26.8 Å². The van der Waals surface area contributed by atoms with Gasteiger partial charge in [0.25, 0.3) is 0 Å². The van der Waals surface area contributed by atoms with E-state index in [1.165, 1.54) is 4.90 Å². The molecule has 0 N–H and O–H groups in total. The molecule has 2 atom stereocenters. The molecule has 0 aromatic heterocycles. The summed E-state index contributed by atoms with van der Waals surface area (Å²) < 4.78 is 22.9. The zero-order valence-electron chi connectivity index (χ0n) is 21.4. The van der Waals surface area contributed by atoms with Gasteiger partial charge in [-0.25, -0.2) is 14.5 Å². The molecule has 1 aromatic rings. The van der Waals surface area contributed by atoms with Gasteiger partial charge in [0.2, 0.25) is 5.88 Å². The predicted molar refractivity (Wildman–Crippen MR) is 130 cm³/mol. The third kappa shape index (κ3) is 7.60. The van der Waals surface area contributed by atoms with Crippen molar-refractivity contribution in [3.8, 4) is 0 Å². The molecule has 0 aliphatic carbocycles. The van der Waals surface area contributed by atoms with E-state index in [-0.39, 0.29) is 23.6 Å². The maximum absolute atomic E-state index is 13.1. The van der Waals surface area contributed by atoms with Gasteiger partial charge in [0.1, 0.15) is 12.2 Å². The molecule has 0 radical (unpaired) electrons. The minimum absolute atomic E-state index is 0.0191. The van der Waals surface area contributed by atoms with Gasteiger partial charge < -0.3 is 18.6 Å². The summed E-state index contributed by atoms with van der Waals surface area (Å²) >= 11 is 0. The first kappa shape index (κ1) is 26.9. The Morgan fingerprint density at radius 2 is 1.67 bits per heavy atom. The minimum atomic E-state index is -2.09. The molecule has 1 heterocycles. The summed E-state index contributed by atoms with van der Waals surface area (Å²) in [5.74, 6) is 0.102. The van der Waals surface area contributed by atoms with Crippen molar-refractivity contribution in [1.82, 2.24) is 4.90 Å². The van der Waals surface area contributed by atoms with Crippen molar-refractivity contribution in [2.45, 2.75) is 97.4 Å².